The molecular formula is C29H40N2O6. The van der Waals surface area contributed by atoms with E-state index >= 15 is 0 Å². The zero-order valence-electron chi connectivity index (χ0n) is 22.2. The Morgan fingerprint density at radius 1 is 1.22 bits per heavy atom. The van der Waals surface area contributed by atoms with E-state index in [2.05, 4.69) is 34.5 Å². The minimum absolute atomic E-state index is 0.0325. The molecule has 8 nitrogen and oxygen atoms in total. The standard InChI is InChI=1S/C29H40N2O6/c1-20(29(32)33)15-23-17-25(22-6-8-24(35-3)9-7-22)28(18-30-23)37-19-21-5-10-27-26(16-21)31(12-14-36-27)11-4-13-34-2/h5-10,16,20,23,25,28,30H,4,11-15,17-19H2,1-3H3,(H,32,33)/t20-,23+,25-,28+/m1/s1. The Morgan fingerprint density at radius 2 is 2.03 bits per heavy atom. The quantitative estimate of drug-likeness (QED) is 0.412. The van der Waals surface area contributed by atoms with E-state index in [-0.39, 0.29) is 18.1 Å². The fourth-order valence-corrected chi connectivity index (χ4v) is 5.29. The molecule has 0 spiro atoms. The number of ether oxygens (including phenoxy) is 4. The van der Waals surface area contributed by atoms with Crippen LogP contribution in [0.2, 0.25) is 0 Å². The maximum Gasteiger partial charge on any atom is 0.306 e. The van der Waals surface area contributed by atoms with Gasteiger partial charge in [0.1, 0.15) is 18.1 Å². The van der Waals surface area contributed by atoms with Crippen molar-refractivity contribution in [3.63, 3.8) is 0 Å². The molecule has 0 aromatic heterocycles. The minimum atomic E-state index is -0.756. The van der Waals surface area contributed by atoms with Gasteiger partial charge >= 0.3 is 5.97 Å². The van der Waals surface area contributed by atoms with Crippen molar-refractivity contribution in [1.82, 2.24) is 5.32 Å². The molecule has 0 bridgehead atoms. The molecule has 4 atom stereocenters. The summed E-state index contributed by atoms with van der Waals surface area (Å²) in [5.41, 5.74) is 3.40. The summed E-state index contributed by atoms with van der Waals surface area (Å²) in [5.74, 6) is 0.741. The van der Waals surface area contributed by atoms with Crippen LogP contribution in [0.1, 0.15) is 43.2 Å². The highest BCUT2D eigenvalue weighted by atomic mass is 16.5. The molecule has 8 heteroatoms. The molecule has 0 amide bonds. The first-order chi connectivity index (χ1) is 18.0. The van der Waals surface area contributed by atoms with Gasteiger partial charge in [0, 0.05) is 38.8 Å². The van der Waals surface area contributed by atoms with E-state index in [1.165, 1.54) is 5.56 Å². The van der Waals surface area contributed by atoms with E-state index in [4.69, 9.17) is 18.9 Å². The number of hydrogen-bond donors (Lipinski definition) is 2. The van der Waals surface area contributed by atoms with Gasteiger partial charge in [0.2, 0.25) is 0 Å². The normalized spacial score (nSPS) is 22.1. The van der Waals surface area contributed by atoms with Crippen LogP contribution < -0.4 is 19.7 Å². The monoisotopic (exact) mass is 512 g/mol. The molecule has 2 N–H and O–H groups in total. The Labute approximate surface area is 219 Å². The van der Waals surface area contributed by atoms with Crippen molar-refractivity contribution in [2.24, 2.45) is 5.92 Å². The molecule has 2 aliphatic heterocycles. The topological polar surface area (TPSA) is 89.5 Å². The van der Waals surface area contributed by atoms with Crippen molar-refractivity contribution in [1.29, 1.82) is 0 Å². The second kappa shape index (κ2) is 13.1. The maximum absolute atomic E-state index is 11.4. The molecule has 37 heavy (non-hydrogen) atoms. The molecule has 0 unspecified atom stereocenters. The Kier molecular flexibility index (Phi) is 9.66. The van der Waals surface area contributed by atoms with Gasteiger partial charge in [-0.15, -0.1) is 0 Å². The molecule has 2 aliphatic rings. The number of piperidine rings is 1. The van der Waals surface area contributed by atoms with Crippen LogP contribution in [0.15, 0.2) is 42.5 Å². The Balaban J connectivity index is 1.46. The number of carboxylic acids is 1. The fraction of sp³-hybridized carbons (Fsp3) is 0.552. The number of aliphatic carboxylic acids is 1. The number of nitrogens with zero attached hydrogens (tertiary/aromatic N) is 1. The van der Waals surface area contributed by atoms with Crippen molar-refractivity contribution < 1.29 is 28.8 Å². The lowest BCUT2D eigenvalue weighted by Gasteiger charge is -2.38. The largest absolute Gasteiger partial charge is 0.497 e. The van der Waals surface area contributed by atoms with Crippen LogP contribution in [-0.4, -0.2) is 70.3 Å². The number of anilines is 1. The molecule has 1 saturated heterocycles. The number of carbonyl (C=O) groups is 1. The second-order valence-electron chi connectivity index (χ2n) is 10.0. The molecule has 2 heterocycles. The molecular weight excluding hydrogens is 472 g/mol. The predicted octanol–water partition coefficient (Wildman–Crippen LogP) is 4.07. The molecule has 2 aromatic carbocycles. The number of carboxylic acid groups (broad SMARTS) is 1. The van der Waals surface area contributed by atoms with Gasteiger partial charge in [-0.05, 0) is 54.7 Å². The number of fused-ring (bicyclic) bond motifs is 1. The number of nitrogens with one attached hydrogen (secondary N) is 1. The van der Waals surface area contributed by atoms with Crippen LogP contribution >= 0.6 is 0 Å². The highest BCUT2D eigenvalue weighted by molar-refractivity contribution is 5.69. The van der Waals surface area contributed by atoms with Crippen LogP contribution in [0, 0.1) is 5.92 Å². The zero-order chi connectivity index (χ0) is 26.2. The van der Waals surface area contributed by atoms with Gasteiger partial charge in [0.15, 0.2) is 0 Å². The van der Waals surface area contributed by atoms with Gasteiger partial charge in [0.05, 0.1) is 38.0 Å². The highest BCUT2D eigenvalue weighted by Gasteiger charge is 2.33. The first-order valence-electron chi connectivity index (χ1n) is 13.2. The van der Waals surface area contributed by atoms with Crippen molar-refractivity contribution in [2.75, 3.05) is 52.0 Å². The summed E-state index contributed by atoms with van der Waals surface area (Å²) in [7, 11) is 3.40. The molecule has 4 rings (SSSR count). The molecule has 1 fully saturated rings. The van der Waals surface area contributed by atoms with Crippen LogP contribution in [0.5, 0.6) is 11.5 Å². The van der Waals surface area contributed by atoms with Gasteiger partial charge in [-0.25, -0.2) is 0 Å². The van der Waals surface area contributed by atoms with E-state index in [1.54, 1.807) is 21.1 Å². The summed E-state index contributed by atoms with van der Waals surface area (Å²) in [4.78, 5) is 13.8. The first-order valence-corrected chi connectivity index (χ1v) is 13.2. The first kappa shape index (κ1) is 27.2. The van der Waals surface area contributed by atoms with E-state index in [1.807, 2.05) is 18.2 Å². The number of benzene rings is 2. The predicted molar refractivity (Wildman–Crippen MR) is 143 cm³/mol. The summed E-state index contributed by atoms with van der Waals surface area (Å²) < 4.78 is 23.0. The van der Waals surface area contributed by atoms with Gasteiger partial charge in [-0.3, -0.25) is 4.79 Å². The third-order valence-electron chi connectivity index (χ3n) is 7.42. The zero-order valence-corrected chi connectivity index (χ0v) is 22.2. The fourth-order valence-electron chi connectivity index (χ4n) is 5.29. The lowest BCUT2D eigenvalue weighted by molar-refractivity contribution is -0.141. The van der Waals surface area contributed by atoms with E-state index in [0.717, 1.165) is 55.3 Å². The van der Waals surface area contributed by atoms with E-state index < -0.39 is 11.9 Å². The van der Waals surface area contributed by atoms with Crippen molar-refractivity contribution in [3.05, 3.63) is 53.6 Å². The summed E-state index contributed by atoms with van der Waals surface area (Å²) in [6.07, 6.45) is 2.35. The number of hydrogen-bond acceptors (Lipinski definition) is 7. The van der Waals surface area contributed by atoms with Crippen molar-refractivity contribution >= 4 is 11.7 Å². The third kappa shape index (κ3) is 7.15. The smallest absolute Gasteiger partial charge is 0.306 e. The molecule has 2 aromatic rings. The van der Waals surface area contributed by atoms with Gasteiger partial charge in [0.25, 0.3) is 0 Å². The van der Waals surface area contributed by atoms with Crippen LogP contribution in [-0.2, 0) is 20.9 Å². The number of rotatable bonds is 12. The third-order valence-corrected chi connectivity index (χ3v) is 7.42. The van der Waals surface area contributed by atoms with Crippen LogP contribution in [0.25, 0.3) is 0 Å². The lowest BCUT2D eigenvalue weighted by atomic mass is 9.81. The molecule has 0 saturated carbocycles. The Hall–Kier alpha value is -2.81. The second-order valence-corrected chi connectivity index (χ2v) is 10.0. The van der Waals surface area contributed by atoms with Crippen LogP contribution in [0.3, 0.4) is 0 Å². The van der Waals surface area contributed by atoms with Crippen molar-refractivity contribution in [2.45, 2.75) is 50.9 Å². The SMILES string of the molecule is COCCCN1CCOc2ccc(CO[C@H]3CN[C@@H](C[C@@H](C)C(=O)O)C[C@@H]3c3ccc(OC)cc3)cc21. The van der Waals surface area contributed by atoms with Gasteiger partial charge in [-0.1, -0.05) is 25.1 Å². The summed E-state index contributed by atoms with van der Waals surface area (Å²) >= 11 is 0. The summed E-state index contributed by atoms with van der Waals surface area (Å²) in [5, 5.41) is 12.9. The van der Waals surface area contributed by atoms with Gasteiger partial charge < -0.3 is 34.3 Å². The van der Waals surface area contributed by atoms with Crippen molar-refractivity contribution in [3.8, 4) is 11.5 Å². The molecule has 0 aliphatic carbocycles. The van der Waals surface area contributed by atoms with Gasteiger partial charge in [-0.2, -0.15) is 0 Å². The molecule has 0 radical (unpaired) electrons. The Morgan fingerprint density at radius 3 is 2.76 bits per heavy atom. The maximum atomic E-state index is 11.4. The average molecular weight is 513 g/mol. The minimum Gasteiger partial charge on any atom is -0.497 e. The van der Waals surface area contributed by atoms with E-state index in [0.29, 0.717) is 26.2 Å². The summed E-state index contributed by atoms with van der Waals surface area (Å²) in [6.45, 7) is 6.16. The molecule has 202 valence electrons. The number of methoxy groups -OCH3 is 2. The average Bonchev–Trinajstić information content (AvgIpc) is 2.92. The lowest BCUT2D eigenvalue weighted by Crippen LogP contribution is -2.47. The highest BCUT2D eigenvalue weighted by Crippen LogP contribution is 2.35. The Bertz CT molecular complexity index is 1010. The van der Waals surface area contributed by atoms with E-state index in [9.17, 15) is 9.90 Å². The van der Waals surface area contributed by atoms with Crippen LogP contribution in [0.4, 0.5) is 5.69 Å². The summed E-state index contributed by atoms with van der Waals surface area (Å²) in [6, 6.07) is 14.6.